The molecular weight excluding hydrogens is 314 g/mol. The van der Waals surface area contributed by atoms with Gasteiger partial charge in [-0.1, -0.05) is 36.8 Å². The number of carboxylic acid groups (broad SMARTS) is 1. The predicted molar refractivity (Wildman–Crippen MR) is 95.6 cm³/mol. The maximum absolute atomic E-state index is 11.8. The molecule has 2 fully saturated rings. The lowest BCUT2D eigenvalue weighted by Gasteiger charge is -2.23. The average molecular weight is 337 g/mol. The minimum Gasteiger partial charge on any atom is -0.481 e. The van der Waals surface area contributed by atoms with E-state index in [0.717, 1.165) is 49.4 Å². The number of rotatable bonds is 5. The molecule has 4 rings (SSSR count). The first kappa shape index (κ1) is 16.2. The van der Waals surface area contributed by atoms with Gasteiger partial charge >= 0.3 is 5.97 Å². The Bertz CT molecular complexity index is 761. The first-order valence-corrected chi connectivity index (χ1v) is 8.93. The molecule has 4 heteroatoms. The number of fused-ring (bicyclic) bond motifs is 1. The number of para-hydroxylation sites is 1. The maximum atomic E-state index is 11.8. The van der Waals surface area contributed by atoms with Gasteiger partial charge in [-0.2, -0.15) is 0 Å². The van der Waals surface area contributed by atoms with Gasteiger partial charge in [-0.3, -0.25) is 9.69 Å². The number of hydrogen-bond donors (Lipinski definition) is 1. The molecule has 4 nitrogen and oxygen atoms in total. The molecule has 0 bridgehead atoms. The number of carboxylic acids is 1. The number of aliphatic carboxylic acids is 1. The third-order valence-electron chi connectivity index (χ3n) is 5.65. The van der Waals surface area contributed by atoms with Crippen LogP contribution in [0.3, 0.4) is 0 Å². The van der Waals surface area contributed by atoms with Crippen LogP contribution in [0.4, 0.5) is 0 Å². The summed E-state index contributed by atoms with van der Waals surface area (Å²) in [6.07, 6.45) is 2.91. The van der Waals surface area contributed by atoms with E-state index in [0.29, 0.717) is 12.5 Å². The average Bonchev–Trinajstić information content (AvgIpc) is 3.14. The van der Waals surface area contributed by atoms with E-state index in [2.05, 4.69) is 17.0 Å². The summed E-state index contributed by atoms with van der Waals surface area (Å²) in [5.74, 6) is 1.32. The SMILES string of the molecule is O=C(O)[C@@]12CCC[C@H]1CN(Cc1cccc(Oc3ccccc3)c1)C2. The van der Waals surface area contributed by atoms with Crippen molar-refractivity contribution >= 4 is 5.97 Å². The quantitative estimate of drug-likeness (QED) is 0.890. The molecule has 1 aliphatic heterocycles. The lowest BCUT2D eigenvalue weighted by atomic mass is 9.81. The first-order chi connectivity index (χ1) is 12.2. The monoisotopic (exact) mass is 337 g/mol. The van der Waals surface area contributed by atoms with Crippen LogP contribution in [-0.4, -0.2) is 29.1 Å². The second kappa shape index (κ2) is 6.52. The molecule has 0 amide bonds. The molecule has 0 spiro atoms. The third-order valence-corrected chi connectivity index (χ3v) is 5.65. The van der Waals surface area contributed by atoms with Gasteiger partial charge in [-0.15, -0.1) is 0 Å². The summed E-state index contributed by atoms with van der Waals surface area (Å²) in [5, 5.41) is 9.72. The van der Waals surface area contributed by atoms with Crippen molar-refractivity contribution in [1.82, 2.24) is 4.90 Å². The lowest BCUT2D eigenvalue weighted by molar-refractivity contribution is -0.149. The van der Waals surface area contributed by atoms with Crippen LogP contribution in [0.25, 0.3) is 0 Å². The minimum absolute atomic E-state index is 0.300. The second-order valence-corrected chi connectivity index (χ2v) is 7.28. The maximum Gasteiger partial charge on any atom is 0.311 e. The van der Waals surface area contributed by atoms with Crippen molar-refractivity contribution in [2.75, 3.05) is 13.1 Å². The molecule has 2 aliphatic rings. The Morgan fingerprint density at radius 3 is 2.72 bits per heavy atom. The molecule has 1 saturated heterocycles. The van der Waals surface area contributed by atoms with Crippen LogP contribution >= 0.6 is 0 Å². The van der Waals surface area contributed by atoms with Crippen LogP contribution < -0.4 is 4.74 Å². The van der Waals surface area contributed by atoms with Crippen molar-refractivity contribution in [2.45, 2.75) is 25.8 Å². The topological polar surface area (TPSA) is 49.8 Å². The molecule has 0 unspecified atom stereocenters. The molecule has 130 valence electrons. The summed E-state index contributed by atoms with van der Waals surface area (Å²) in [7, 11) is 0. The molecule has 1 saturated carbocycles. The van der Waals surface area contributed by atoms with Gasteiger partial charge in [-0.05, 0) is 48.6 Å². The van der Waals surface area contributed by atoms with E-state index in [9.17, 15) is 9.90 Å². The largest absolute Gasteiger partial charge is 0.481 e. The van der Waals surface area contributed by atoms with Crippen LogP contribution in [0.15, 0.2) is 54.6 Å². The fraction of sp³-hybridized carbons (Fsp3) is 0.381. The number of hydrogen-bond acceptors (Lipinski definition) is 3. The zero-order valence-electron chi connectivity index (χ0n) is 14.2. The number of benzene rings is 2. The van der Waals surface area contributed by atoms with Crippen molar-refractivity contribution in [3.63, 3.8) is 0 Å². The Labute approximate surface area is 148 Å². The molecule has 1 heterocycles. The number of ether oxygens (including phenoxy) is 1. The Morgan fingerprint density at radius 1 is 1.16 bits per heavy atom. The summed E-state index contributed by atoms with van der Waals surface area (Å²) in [6, 6.07) is 17.8. The fourth-order valence-corrected chi connectivity index (χ4v) is 4.45. The highest BCUT2D eigenvalue weighted by Gasteiger charge is 2.54. The van der Waals surface area contributed by atoms with Crippen LogP contribution in [0, 0.1) is 11.3 Å². The van der Waals surface area contributed by atoms with Gasteiger partial charge in [0.1, 0.15) is 11.5 Å². The lowest BCUT2D eigenvalue weighted by Crippen LogP contribution is -2.35. The van der Waals surface area contributed by atoms with E-state index in [1.54, 1.807) is 0 Å². The Balaban J connectivity index is 1.45. The Hall–Kier alpha value is -2.33. The molecule has 0 aromatic heterocycles. The van der Waals surface area contributed by atoms with Crippen LogP contribution in [0.5, 0.6) is 11.5 Å². The van der Waals surface area contributed by atoms with Crippen LogP contribution in [0.1, 0.15) is 24.8 Å². The molecular formula is C21H23NO3. The van der Waals surface area contributed by atoms with Crippen molar-refractivity contribution in [3.8, 4) is 11.5 Å². The second-order valence-electron chi connectivity index (χ2n) is 7.28. The molecule has 2 aromatic carbocycles. The number of likely N-dealkylation sites (tertiary alicyclic amines) is 1. The molecule has 2 aromatic rings. The smallest absolute Gasteiger partial charge is 0.311 e. The van der Waals surface area contributed by atoms with Crippen LogP contribution in [0.2, 0.25) is 0 Å². The minimum atomic E-state index is -0.612. The van der Waals surface area contributed by atoms with E-state index in [1.165, 1.54) is 0 Å². The summed E-state index contributed by atoms with van der Waals surface area (Å²) in [4.78, 5) is 14.1. The molecule has 1 aliphatic carbocycles. The predicted octanol–water partition coefficient (Wildman–Crippen LogP) is 4.17. The van der Waals surface area contributed by atoms with E-state index in [-0.39, 0.29) is 0 Å². The summed E-state index contributed by atoms with van der Waals surface area (Å²) >= 11 is 0. The summed E-state index contributed by atoms with van der Waals surface area (Å²) in [5.41, 5.74) is 0.645. The van der Waals surface area contributed by atoms with Crippen molar-refractivity contribution in [1.29, 1.82) is 0 Å². The van der Waals surface area contributed by atoms with Gasteiger partial charge in [0.25, 0.3) is 0 Å². The highest BCUT2D eigenvalue weighted by Crippen LogP contribution is 2.49. The third kappa shape index (κ3) is 3.14. The zero-order chi connectivity index (χ0) is 17.3. The number of carbonyl (C=O) groups is 1. The first-order valence-electron chi connectivity index (χ1n) is 8.93. The van der Waals surface area contributed by atoms with Crippen LogP contribution in [-0.2, 0) is 11.3 Å². The highest BCUT2D eigenvalue weighted by molar-refractivity contribution is 5.76. The van der Waals surface area contributed by atoms with E-state index in [1.807, 2.05) is 42.5 Å². The molecule has 25 heavy (non-hydrogen) atoms. The highest BCUT2D eigenvalue weighted by atomic mass is 16.5. The van der Waals surface area contributed by atoms with Gasteiger partial charge < -0.3 is 9.84 Å². The van der Waals surface area contributed by atoms with Gasteiger partial charge in [0, 0.05) is 19.6 Å². The standard InChI is InChI=1S/C21H23NO3/c23-20(24)21-11-5-7-17(21)14-22(15-21)13-16-6-4-10-19(12-16)25-18-8-2-1-3-9-18/h1-4,6,8-10,12,17H,5,7,11,13-15H2,(H,23,24)/t17-,21+/m0/s1. The number of nitrogens with zero attached hydrogens (tertiary/aromatic N) is 1. The molecule has 0 radical (unpaired) electrons. The fourth-order valence-electron chi connectivity index (χ4n) is 4.45. The Morgan fingerprint density at radius 2 is 1.96 bits per heavy atom. The van der Waals surface area contributed by atoms with Gasteiger partial charge in [0.15, 0.2) is 0 Å². The van der Waals surface area contributed by atoms with E-state index >= 15 is 0 Å². The zero-order valence-corrected chi connectivity index (χ0v) is 14.2. The molecule has 1 N–H and O–H groups in total. The molecule has 2 atom stereocenters. The van der Waals surface area contributed by atoms with Crippen molar-refractivity contribution < 1.29 is 14.6 Å². The normalized spacial score (nSPS) is 25.7. The summed E-state index contributed by atoms with van der Waals surface area (Å²) < 4.78 is 5.90. The summed E-state index contributed by atoms with van der Waals surface area (Å²) in [6.45, 7) is 2.32. The van der Waals surface area contributed by atoms with Gasteiger partial charge in [-0.25, -0.2) is 0 Å². The van der Waals surface area contributed by atoms with Gasteiger partial charge in [0.05, 0.1) is 5.41 Å². The van der Waals surface area contributed by atoms with Crippen molar-refractivity contribution in [3.05, 3.63) is 60.2 Å². The van der Waals surface area contributed by atoms with Crippen molar-refractivity contribution in [2.24, 2.45) is 11.3 Å². The van der Waals surface area contributed by atoms with Gasteiger partial charge in [0.2, 0.25) is 0 Å². The van der Waals surface area contributed by atoms with E-state index in [4.69, 9.17) is 4.74 Å². The van der Waals surface area contributed by atoms with E-state index < -0.39 is 11.4 Å². The Kier molecular flexibility index (Phi) is 4.22.